The predicted molar refractivity (Wildman–Crippen MR) is 54.8 cm³/mol. The van der Waals surface area contributed by atoms with Gasteiger partial charge in [0, 0.05) is 6.54 Å². The molecule has 7 heteroatoms. The Morgan fingerprint density at radius 3 is 2.64 bits per heavy atom. The number of amides is 1. The molecule has 0 aromatic carbocycles. The zero-order chi connectivity index (χ0) is 10.9. The molecule has 1 aromatic rings. The topological polar surface area (TPSA) is 103 Å². The van der Waals surface area contributed by atoms with Crippen molar-refractivity contribution in [2.45, 2.75) is 20.4 Å². The lowest BCUT2D eigenvalue weighted by molar-refractivity contribution is -0.126. The monoisotopic (exact) mass is 215 g/mol. The van der Waals surface area contributed by atoms with Crippen molar-refractivity contribution in [1.29, 1.82) is 0 Å². The standard InChI is InChI=1S/C7H13N5OS/c1-7(2,4(8)13)3-12-5(9)10-11-6(12)14/h3H2,1-2H3,(H2,8,13)(H2,9,10)(H,11,14). The summed E-state index contributed by atoms with van der Waals surface area (Å²) in [6.07, 6.45) is 0. The van der Waals surface area contributed by atoms with Gasteiger partial charge >= 0.3 is 0 Å². The van der Waals surface area contributed by atoms with Gasteiger partial charge in [0.2, 0.25) is 11.9 Å². The Labute approximate surface area is 86.3 Å². The van der Waals surface area contributed by atoms with E-state index in [1.54, 1.807) is 18.4 Å². The number of hydrogen-bond donors (Lipinski definition) is 3. The van der Waals surface area contributed by atoms with Crippen molar-refractivity contribution in [2.24, 2.45) is 11.1 Å². The molecule has 0 aliphatic rings. The second-order valence-corrected chi connectivity index (χ2v) is 4.11. The molecule has 0 bridgehead atoms. The van der Waals surface area contributed by atoms with Crippen LogP contribution < -0.4 is 11.5 Å². The largest absolute Gasteiger partial charge is 0.369 e. The van der Waals surface area contributed by atoms with E-state index in [0.29, 0.717) is 11.3 Å². The predicted octanol–water partition coefficient (Wildman–Crippen LogP) is 0.0344. The van der Waals surface area contributed by atoms with E-state index in [1.807, 2.05) is 0 Å². The number of nitrogens with one attached hydrogen (secondary N) is 1. The number of rotatable bonds is 3. The number of H-pyrrole nitrogens is 1. The summed E-state index contributed by atoms with van der Waals surface area (Å²) in [5, 5.41) is 6.27. The summed E-state index contributed by atoms with van der Waals surface area (Å²) >= 11 is 4.94. The average Bonchev–Trinajstić information content (AvgIpc) is 2.35. The second kappa shape index (κ2) is 3.41. The van der Waals surface area contributed by atoms with E-state index in [4.69, 9.17) is 23.7 Å². The van der Waals surface area contributed by atoms with Gasteiger partial charge in [-0.1, -0.05) is 0 Å². The van der Waals surface area contributed by atoms with Gasteiger partial charge in [0.15, 0.2) is 4.77 Å². The third kappa shape index (κ3) is 1.92. The number of aromatic amines is 1. The van der Waals surface area contributed by atoms with Gasteiger partial charge in [0.05, 0.1) is 5.41 Å². The number of hydrogen-bond acceptors (Lipinski definition) is 4. The number of nitrogens with zero attached hydrogens (tertiary/aromatic N) is 2. The maximum absolute atomic E-state index is 11.1. The lowest BCUT2D eigenvalue weighted by Gasteiger charge is -2.20. The molecule has 1 rings (SSSR count). The normalized spacial score (nSPS) is 11.6. The van der Waals surface area contributed by atoms with Gasteiger partial charge in [0.1, 0.15) is 0 Å². The molecule has 0 fully saturated rings. The average molecular weight is 215 g/mol. The number of primary amides is 1. The Bertz CT molecular complexity index is 404. The molecular weight excluding hydrogens is 202 g/mol. The molecule has 0 saturated heterocycles. The molecular formula is C7H13N5OS. The highest BCUT2D eigenvalue weighted by Gasteiger charge is 2.26. The van der Waals surface area contributed by atoms with E-state index in [9.17, 15) is 4.79 Å². The lowest BCUT2D eigenvalue weighted by Crippen LogP contribution is -2.35. The molecule has 0 aliphatic heterocycles. The summed E-state index contributed by atoms with van der Waals surface area (Å²) in [5.41, 5.74) is 10.1. The highest BCUT2D eigenvalue weighted by atomic mass is 32.1. The van der Waals surface area contributed by atoms with E-state index < -0.39 is 11.3 Å². The summed E-state index contributed by atoms with van der Waals surface area (Å²) in [5.74, 6) is -0.149. The van der Waals surface area contributed by atoms with Crippen LogP contribution >= 0.6 is 12.2 Å². The Hall–Kier alpha value is -1.37. The molecule has 1 amide bonds. The van der Waals surface area contributed by atoms with E-state index in [0.717, 1.165) is 0 Å². The van der Waals surface area contributed by atoms with Crippen LogP contribution in [0, 0.1) is 10.2 Å². The highest BCUT2D eigenvalue weighted by Crippen LogP contribution is 2.18. The van der Waals surface area contributed by atoms with Gasteiger partial charge in [-0.3, -0.25) is 9.36 Å². The molecule has 0 aliphatic carbocycles. The molecule has 5 N–H and O–H groups in total. The van der Waals surface area contributed by atoms with Crippen LogP contribution in [0.3, 0.4) is 0 Å². The van der Waals surface area contributed by atoms with Crippen LogP contribution in [0.25, 0.3) is 0 Å². The number of carbonyl (C=O) groups is 1. The molecule has 0 atom stereocenters. The van der Waals surface area contributed by atoms with Crippen LogP contribution in [0.4, 0.5) is 5.95 Å². The Balaban J connectivity index is 3.00. The van der Waals surface area contributed by atoms with Crippen LogP contribution in [0.1, 0.15) is 13.8 Å². The first kappa shape index (κ1) is 10.7. The molecule has 0 radical (unpaired) electrons. The van der Waals surface area contributed by atoms with Gasteiger partial charge in [-0.05, 0) is 26.1 Å². The lowest BCUT2D eigenvalue weighted by atomic mass is 9.93. The first-order valence-electron chi connectivity index (χ1n) is 4.05. The molecule has 78 valence electrons. The Morgan fingerprint density at radius 1 is 1.71 bits per heavy atom. The fraction of sp³-hybridized carbons (Fsp3) is 0.571. The smallest absolute Gasteiger partial charge is 0.224 e. The minimum atomic E-state index is -0.698. The number of nitrogen functional groups attached to an aromatic ring is 1. The molecule has 1 heterocycles. The van der Waals surface area contributed by atoms with E-state index in [1.165, 1.54) is 0 Å². The summed E-state index contributed by atoms with van der Waals surface area (Å²) in [6, 6.07) is 0. The van der Waals surface area contributed by atoms with Crippen molar-refractivity contribution < 1.29 is 4.79 Å². The maximum atomic E-state index is 11.1. The van der Waals surface area contributed by atoms with Crippen molar-refractivity contribution in [3.8, 4) is 0 Å². The van der Waals surface area contributed by atoms with Crippen molar-refractivity contribution in [3.63, 3.8) is 0 Å². The summed E-state index contributed by atoms with van der Waals surface area (Å²) in [6.45, 7) is 3.77. The molecule has 14 heavy (non-hydrogen) atoms. The Kier molecular flexibility index (Phi) is 2.61. The van der Waals surface area contributed by atoms with Gasteiger partial charge in [-0.2, -0.15) is 0 Å². The van der Waals surface area contributed by atoms with Crippen LogP contribution in [0.15, 0.2) is 0 Å². The quantitative estimate of drug-likeness (QED) is 0.619. The number of aromatic nitrogens is 3. The number of carbonyl (C=O) groups excluding carboxylic acids is 1. The van der Waals surface area contributed by atoms with Crippen molar-refractivity contribution in [2.75, 3.05) is 5.73 Å². The van der Waals surface area contributed by atoms with E-state index in [-0.39, 0.29) is 5.95 Å². The van der Waals surface area contributed by atoms with Crippen molar-refractivity contribution in [3.05, 3.63) is 4.77 Å². The zero-order valence-corrected chi connectivity index (χ0v) is 8.89. The minimum absolute atomic E-state index is 0.254. The van der Waals surface area contributed by atoms with Gasteiger partial charge in [-0.15, -0.1) is 5.10 Å². The number of anilines is 1. The first-order chi connectivity index (χ1) is 6.34. The molecule has 1 aromatic heterocycles. The van der Waals surface area contributed by atoms with Crippen LogP contribution in [0.5, 0.6) is 0 Å². The zero-order valence-electron chi connectivity index (χ0n) is 8.07. The van der Waals surface area contributed by atoms with Gasteiger partial charge in [-0.25, -0.2) is 5.10 Å². The van der Waals surface area contributed by atoms with Crippen LogP contribution in [0.2, 0.25) is 0 Å². The SMILES string of the molecule is CC(C)(Cn1c(N)n[nH]c1=S)C(N)=O. The van der Waals surface area contributed by atoms with E-state index in [2.05, 4.69) is 10.2 Å². The Morgan fingerprint density at radius 2 is 2.29 bits per heavy atom. The molecule has 0 unspecified atom stereocenters. The second-order valence-electron chi connectivity index (χ2n) is 3.72. The molecule has 0 spiro atoms. The summed E-state index contributed by atoms with van der Waals surface area (Å²) in [4.78, 5) is 11.1. The van der Waals surface area contributed by atoms with Gasteiger partial charge in [0.25, 0.3) is 0 Å². The fourth-order valence-electron chi connectivity index (χ4n) is 0.956. The maximum Gasteiger partial charge on any atom is 0.224 e. The van der Waals surface area contributed by atoms with Crippen LogP contribution in [-0.2, 0) is 11.3 Å². The van der Waals surface area contributed by atoms with Crippen molar-refractivity contribution >= 4 is 24.1 Å². The van der Waals surface area contributed by atoms with Gasteiger partial charge < -0.3 is 11.5 Å². The number of nitrogens with two attached hydrogens (primary N) is 2. The fourth-order valence-corrected chi connectivity index (χ4v) is 1.16. The highest BCUT2D eigenvalue weighted by molar-refractivity contribution is 7.71. The molecule has 0 saturated carbocycles. The third-order valence-corrected chi connectivity index (χ3v) is 2.32. The van der Waals surface area contributed by atoms with Crippen molar-refractivity contribution in [1.82, 2.24) is 14.8 Å². The summed E-state index contributed by atoms with van der Waals surface area (Å²) < 4.78 is 1.93. The molecule has 6 nitrogen and oxygen atoms in total. The minimum Gasteiger partial charge on any atom is -0.369 e. The third-order valence-electron chi connectivity index (χ3n) is 2.01. The first-order valence-corrected chi connectivity index (χ1v) is 4.46. The summed E-state index contributed by atoms with van der Waals surface area (Å²) in [7, 11) is 0. The van der Waals surface area contributed by atoms with E-state index >= 15 is 0 Å². The van der Waals surface area contributed by atoms with Crippen LogP contribution in [-0.4, -0.2) is 20.7 Å².